The first kappa shape index (κ1) is 18.5. The molecule has 0 saturated carbocycles. The van der Waals surface area contributed by atoms with Crippen LogP contribution in [0.3, 0.4) is 0 Å². The summed E-state index contributed by atoms with van der Waals surface area (Å²) in [5, 5.41) is 2.92. The highest BCUT2D eigenvalue weighted by molar-refractivity contribution is 5.89. The number of likely N-dealkylation sites (tertiary alicyclic amines) is 1. The van der Waals surface area contributed by atoms with E-state index in [1.165, 1.54) is 0 Å². The summed E-state index contributed by atoms with van der Waals surface area (Å²) in [6, 6.07) is 9.92. The summed E-state index contributed by atoms with van der Waals surface area (Å²) in [4.78, 5) is 26.3. The Morgan fingerprint density at radius 1 is 1.29 bits per heavy atom. The van der Waals surface area contributed by atoms with Gasteiger partial charge in [0.15, 0.2) is 0 Å². The number of hydrogen-bond acceptors (Lipinski definition) is 3. The smallest absolute Gasteiger partial charge is 0.225 e. The molecule has 1 aliphatic heterocycles. The van der Waals surface area contributed by atoms with Crippen LogP contribution in [0.15, 0.2) is 30.3 Å². The average Bonchev–Trinajstić information content (AvgIpc) is 2.96. The fraction of sp³-hybridized carbons (Fsp3) is 0.579. The Balaban J connectivity index is 1.80. The van der Waals surface area contributed by atoms with Crippen molar-refractivity contribution in [1.29, 1.82) is 0 Å². The van der Waals surface area contributed by atoms with Gasteiger partial charge in [0.1, 0.15) is 0 Å². The van der Waals surface area contributed by atoms with E-state index in [0.29, 0.717) is 26.1 Å². The van der Waals surface area contributed by atoms with Gasteiger partial charge in [-0.3, -0.25) is 9.59 Å². The van der Waals surface area contributed by atoms with Gasteiger partial charge in [-0.2, -0.15) is 0 Å². The van der Waals surface area contributed by atoms with Crippen LogP contribution < -0.4 is 5.32 Å². The molecule has 1 aromatic rings. The summed E-state index contributed by atoms with van der Waals surface area (Å²) >= 11 is 0. The summed E-state index contributed by atoms with van der Waals surface area (Å²) in [7, 11) is 0. The lowest BCUT2D eigenvalue weighted by Gasteiger charge is -2.25. The van der Waals surface area contributed by atoms with Crippen LogP contribution in [0, 0.1) is 5.92 Å². The summed E-state index contributed by atoms with van der Waals surface area (Å²) in [5.74, 6) is -0.236. The number of hydrogen-bond donors (Lipinski definition) is 1. The largest absolute Gasteiger partial charge is 0.379 e. The van der Waals surface area contributed by atoms with Crippen molar-refractivity contribution >= 4 is 11.8 Å². The van der Waals surface area contributed by atoms with Crippen molar-refractivity contribution in [2.45, 2.75) is 45.8 Å². The number of amides is 2. The second-order valence-corrected chi connectivity index (χ2v) is 6.60. The molecule has 5 nitrogen and oxygen atoms in total. The highest BCUT2D eigenvalue weighted by atomic mass is 16.5. The summed E-state index contributed by atoms with van der Waals surface area (Å²) in [5.41, 5.74) is 1.10. The Bertz CT molecular complexity index is 545. The quantitative estimate of drug-likeness (QED) is 0.744. The van der Waals surface area contributed by atoms with Crippen LogP contribution in [0.2, 0.25) is 0 Å². The number of nitrogens with zero attached hydrogens (tertiary/aromatic N) is 1. The zero-order valence-electron chi connectivity index (χ0n) is 14.8. The first-order valence-electron chi connectivity index (χ1n) is 8.72. The normalized spacial score (nSPS) is 18.9. The van der Waals surface area contributed by atoms with Gasteiger partial charge < -0.3 is 15.0 Å². The van der Waals surface area contributed by atoms with Gasteiger partial charge in [-0.05, 0) is 32.8 Å². The Labute approximate surface area is 144 Å². The molecule has 0 spiro atoms. The summed E-state index contributed by atoms with van der Waals surface area (Å²) < 4.78 is 5.45. The SMILES string of the molecule is CC(C)OCCCNC(=O)[C@@H]1CC(=O)N([C@@H](C)c2ccccc2)C1. The Morgan fingerprint density at radius 2 is 2.00 bits per heavy atom. The standard InChI is InChI=1S/C19H28N2O3/c1-14(2)24-11-7-10-20-19(23)17-12-18(22)21(13-17)15(3)16-8-5-4-6-9-16/h4-6,8-9,14-15,17H,7,10-13H2,1-3H3,(H,20,23)/t15-,17+/m0/s1. The first-order chi connectivity index (χ1) is 11.5. The number of rotatable bonds is 8. The molecule has 0 bridgehead atoms. The molecule has 0 aliphatic carbocycles. The van der Waals surface area contributed by atoms with Crippen LogP contribution in [0.4, 0.5) is 0 Å². The molecule has 0 radical (unpaired) electrons. The third-order valence-electron chi connectivity index (χ3n) is 4.35. The molecule has 0 aromatic heterocycles. The molecule has 1 aliphatic rings. The monoisotopic (exact) mass is 332 g/mol. The Morgan fingerprint density at radius 3 is 2.67 bits per heavy atom. The van der Waals surface area contributed by atoms with Gasteiger partial charge in [0.25, 0.3) is 0 Å². The van der Waals surface area contributed by atoms with Gasteiger partial charge in [-0.1, -0.05) is 30.3 Å². The summed E-state index contributed by atoms with van der Waals surface area (Å²) in [6.07, 6.45) is 1.29. The molecule has 2 atom stereocenters. The molecule has 1 heterocycles. The highest BCUT2D eigenvalue weighted by Crippen LogP contribution is 2.28. The lowest BCUT2D eigenvalue weighted by molar-refractivity contribution is -0.130. The second kappa shape index (κ2) is 8.83. The molecule has 1 N–H and O–H groups in total. The van der Waals surface area contributed by atoms with E-state index < -0.39 is 0 Å². The predicted octanol–water partition coefficient (Wildman–Crippen LogP) is 2.53. The van der Waals surface area contributed by atoms with Crippen molar-refractivity contribution in [3.63, 3.8) is 0 Å². The molecule has 5 heteroatoms. The number of carbonyl (C=O) groups excluding carboxylic acids is 2. The minimum Gasteiger partial charge on any atom is -0.379 e. The van der Waals surface area contributed by atoms with Crippen molar-refractivity contribution < 1.29 is 14.3 Å². The first-order valence-corrected chi connectivity index (χ1v) is 8.72. The minimum atomic E-state index is -0.255. The van der Waals surface area contributed by atoms with Crippen molar-refractivity contribution in [2.24, 2.45) is 5.92 Å². The van der Waals surface area contributed by atoms with Gasteiger partial charge in [0, 0.05) is 26.1 Å². The van der Waals surface area contributed by atoms with E-state index in [0.717, 1.165) is 12.0 Å². The fourth-order valence-corrected chi connectivity index (χ4v) is 2.94. The third-order valence-corrected chi connectivity index (χ3v) is 4.35. The van der Waals surface area contributed by atoms with E-state index in [-0.39, 0.29) is 29.9 Å². The fourth-order valence-electron chi connectivity index (χ4n) is 2.94. The number of benzene rings is 1. The molecular weight excluding hydrogens is 304 g/mol. The minimum absolute atomic E-state index is 0.00376. The maximum Gasteiger partial charge on any atom is 0.225 e. The highest BCUT2D eigenvalue weighted by Gasteiger charge is 2.36. The van der Waals surface area contributed by atoms with Crippen molar-refractivity contribution in [1.82, 2.24) is 10.2 Å². The molecule has 2 rings (SSSR count). The lowest BCUT2D eigenvalue weighted by Crippen LogP contribution is -2.34. The number of carbonyl (C=O) groups is 2. The zero-order valence-corrected chi connectivity index (χ0v) is 14.8. The van der Waals surface area contributed by atoms with Crippen LogP contribution in [-0.2, 0) is 14.3 Å². The topological polar surface area (TPSA) is 58.6 Å². The van der Waals surface area contributed by atoms with E-state index in [4.69, 9.17) is 4.74 Å². The average molecular weight is 332 g/mol. The number of ether oxygens (including phenoxy) is 1. The molecule has 1 saturated heterocycles. The molecule has 1 aromatic carbocycles. The Hall–Kier alpha value is -1.88. The Kier molecular flexibility index (Phi) is 6.79. The van der Waals surface area contributed by atoms with E-state index >= 15 is 0 Å². The van der Waals surface area contributed by atoms with Crippen molar-refractivity contribution in [2.75, 3.05) is 19.7 Å². The number of nitrogens with one attached hydrogen (secondary N) is 1. The van der Waals surface area contributed by atoms with Crippen LogP contribution in [0.25, 0.3) is 0 Å². The van der Waals surface area contributed by atoms with E-state index in [1.54, 1.807) is 4.90 Å². The lowest BCUT2D eigenvalue weighted by atomic mass is 10.1. The van der Waals surface area contributed by atoms with E-state index in [9.17, 15) is 9.59 Å². The van der Waals surface area contributed by atoms with Crippen LogP contribution in [0.5, 0.6) is 0 Å². The zero-order chi connectivity index (χ0) is 17.5. The second-order valence-electron chi connectivity index (χ2n) is 6.60. The van der Waals surface area contributed by atoms with Crippen molar-refractivity contribution in [3.05, 3.63) is 35.9 Å². The van der Waals surface area contributed by atoms with Crippen LogP contribution in [0.1, 0.15) is 45.2 Å². The molecular formula is C19H28N2O3. The molecule has 2 amide bonds. The molecule has 132 valence electrons. The van der Waals surface area contributed by atoms with E-state index in [2.05, 4.69) is 5.32 Å². The van der Waals surface area contributed by atoms with Gasteiger partial charge in [0.05, 0.1) is 18.1 Å². The third kappa shape index (κ3) is 5.06. The van der Waals surface area contributed by atoms with Gasteiger partial charge >= 0.3 is 0 Å². The van der Waals surface area contributed by atoms with Crippen molar-refractivity contribution in [3.8, 4) is 0 Å². The molecule has 24 heavy (non-hydrogen) atoms. The van der Waals surface area contributed by atoms with Gasteiger partial charge in [-0.25, -0.2) is 0 Å². The van der Waals surface area contributed by atoms with Crippen LogP contribution >= 0.6 is 0 Å². The van der Waals surface area contributed by atoms with E-state index in [1.807, 2.05) is 51.1 Å². The molecule has 0 unspecified atom stereocenters. The maximum atomic E-state index is 12.3. The predicted molar refractivity (Wildman–Crippen MR) is 93.4 cm³/mol. The van der Waals surface area contributed by atoms with Crippen LogP contribution in [-0.4, -0.2) is 42.5 Å². The van der Waals surface area contributed by atoms with Gasteiger partial charge in [0.2, 0.25) is 11.8 Å². The maximum absolute atomic E-state index is 12.3. The molecule has 1 fully saturated rings. The van der Waals surface area contributed by atoms with Gasteiger partial charge in [-0.15, -0.1) is 0 Å². The summed E-state index contributed by atoms with van der Waals surface area (Å²) in [6.45, 7) is 7.71.